The van der Waals surface area contributed by atoms with Gasteiger partial charge in [-0.05, 0) is 37.8 Å². The molecule has 5 heteroatoms. The zero-order chi connectivity index (χ0) is 14.0. The van der Waals surface area contributed by atoms with Crippen molar-refractivity contribution in [1.82, 2.24) is 9.88 Å². The summed E-state index contributed by atoms with van der Waals surface area (Å²) in [5.74, 6) is 0.223. The minimum absolute atomic E-state index is 0.184. The van der Waals surface area contributed by atoms with Gasteiger partial charge >= 0.3 is 0 Å². The highest BCUT2D eigenvalue weighted by Crippen LogP contribution is 2.38. The number of aromatic nitrogens is 1. The number of nitrogens with two attached hydrogens (primary N) is 1. The Labute approximate surface area is 119 Å². The number of nitrogens with zero attached hydrogens (tertiary/aromatic N) is 1. The molecule has 0 saturated carbocycles. The van der Waals surface area contributed by atoms with E-state index < -0.39 is 5.41 Å². The largest absolute Gasteiger partial charge is 0.381 e. The van der Waals surface area contributed by atoms with Gasteiger partial charge in [-0.15, -0.1) is 0 Å². The molecule has 1 aromatic heterocycles. The van der Waals surface area contributed by atoms with Crippen molar-refractivity contribution < 1.29 is 9.53 Å². The van der Waals surface area contributed by atoms with E-state index in [1.165, 1.54) is 0 Å². The highest BCUT2D eigenvalue weighted by Gasteiger charge is 2.44. The lowest BCUT2D eigenvalue weighted by Gasteiger charge is -2.39. The van der Waals surface area contributed by atoms with E-state index in [0.717, 1.165) is 37.9 Å². The number of ether oxygens (including phenoxy) is 1. The van der Waals surface area contributed by atoms with Crippen LogP contribution in [-0.4, -0.2) is 42.1 Å². The fourth-order valence-electron chi connectivity index (χ4n) is 3.46. The van der Waals surface area contributed by atoms with E-state index in [9.17, 15) is 4.79 Å². The third-order valence-corrected chi connectivity index (χ3v) is 4.79. The van der Waals surface area contributed by atoms with Crippen LogP contribution in [-0.2, 0) is 9.53 Å². The Morgan fingerprint density at radius 1 is 1.50 bits per heavy atom. The first kappa shape index (κ1) is 13.6. The van der Waals surface area contributed by atoms with Crippen molar-refractivity contribution in [2.45, 2.75) is 31.7 Å². The Kier molecular flexibility index (Phi) is 3.81. The van der Waals surface area contributed by atoms with Crippen LogP contribution in [0.1, 0.15) is 37.4 Å². The first-order valence-electron chi connectivity index (χ1n) is 7.49. The molecule has 3 N–H and O–H groups in total. The Bertz CT molecular complexity index is 452. The van der Waals surface area contributed by atoms with Crippen LogP contribution >= 0.6 is 0 Å². The quantitative estimate of drug-likeness (QED) is 0.878. The van der Waals surface area contributed by atoms with Gasteiger partial charge in [0.05, 0.1) is 11.5 Å². The number of carbonyl (C=O) groups is 1. The Hall–Kier alpha value is -1.33. The minimum Gasteiger partial charge on any atom is -0.381 e. The third kappa shape index (κ3) is 2.25. The summed E-state index contributed by atoms with van der Waals surface area (Å²) in [4.78, 5) is 18.3. The van der Waals surface area contributed by atoms with Crippen molar-refractivity contribution in [2.75, 3.05) is 26.3 Å². The second kappa shape index (κ2) is 5.58. The van der Waals surface area contributed by atoms with Crippen molar-refractivity contribution in [3.05, 3.63) is 24.0 Å². The van der Waals surface area contributed by atoms with Gasteiger partial charge in [0.25, 0.3) is 0 Å². The molecule has 0 aliphatic carbocycles. The molecule has 5 nitrogen and oxygen atoms in total. The predicted octanol–water partition coefficient (Wildman–Crippen LogP) is 1.43. The molecule has 2 fully saturated rings. The van der Waals surface area contributed by atoms with Crippen molar-refractivity contribution in [3.8, 4) is 0 Å². The van der Waals surface area contributed by atoms with Crippen LogP contribution in [0.4, 0.5) is 0 Å². The second-order valence-corrected chi connectivity index (χ2v) is 5.88. The number of H-pyrrole nitrogens is 1. The summed E-state index contributed by atoms with van der Waals surface area (Å²) in [6, 6.07) is 4.24. The van der Waals surface area contributed by atoms with Crippen molar-refractivity contribution in [3.63, 3.8) is 0 Å². The molecule has 3 heterocycles. The van der Waals surface area contributed by atoms with Crippen molar-refractivity contribution >= 4 is 5.91 Å². The Morgan fingerprint density at radius 3 is 2.95 bits per heavy atom. The van der Waals surface area contributed by atoms with E-state index in [-0.39, 0.29) is 11.9 Å². The van der Waals surface area contributed by atoms with Gasteiger partial charge in [0.15, 0.2) is 0 Å². The summed E-state index contributed by atoms with van der Waals surface area (Å²) in [6.45, 7) is 2.54. The van der Waals surface area contributed by atoms with Crippen LogP contribution in [0, 0.1) is 5.41 Å². The summed E-state index contributed by atoms with van der Waals surface area (Å²) in [6.07, 6.45) is 5.51. The molecule has 110 valence electrons. The lowest BCUT2D eigenvalue weighted by molar-refractivity contribution is -0.148. The number of amides is 1. The molecular weight excluding hydrogens is 254 g/mol. The fraction of sp³-hybridized carbons (Fsp3) is 0.667. The standard InChI is InChI=1S/C15H23N3O2/c16-11-15(5-9-20-10-6-15)14(19)18-8-2-4-13(18)12-3-1-7-17-12/h1,3,7,13,17H,2,4-6,8-11,16H2. The van der Waals surface area contributed by atoms with E-state index >= 15 is 0 Å². The lowest BCUT2D eigenvalue weighted by Crippen LogP contribution is -2.50. The number of hydrogen-bond donors (Lipinski definition) is 2. The number of hydrogen-bond acceptors (Lipinski definition) is 3. The maximum Gasteiger partial charge on any atom is 0.230 e. The summed E-state index contributed by atoms with van der Waals surface area (Å²) >= 11 is 0. The van der Waals surface area contributed by atoms with Crippen LogP contribution in [0.25, 0.3) is 0 Å². The van der Waals surface area contributed by atoms with Crippen molar-refractivity contribution in [2.24, 2.45) is 11.1 Å². The van der Waals surface area contributed by atoms with Gasteiger partial charge in [-0.1, -0.05) is 0 Å². The zero-order valence-corrected chi connectivity index (χ0v) is 11.8. The second-order valence-electron chi connectivity index (χ2n) is 5.88. The monoisotopic (exact) mass is 277 g/mol. The van der Waals surface area contributed by atoms with E-state index in [1.54, 1.807) is 0 Å². The smallest absolute Gasteiger partial charge is 0.230 e. The maximum absolute atomic E-state index is 13.0. The van der Waals surface area contributed by atoms with Crippen LogP contribution in [0.5, 0.6) is 0 Å². The Balaban J connectivity index is 1.81. The number of likely N-dealkylation sites (tertiary alicyclic amines) is 1. The maximum atomic E-state index is 13.0. The Morgan fingerprint density at radius 2 is 2.30 bits per heavy atom. The molecule has 0 aromatic carbocycles. The van der Waals surface area contributed by atoms with Gasteiger partial charge in [0.1, 0.15) is 0 Å². The van der Waals surface area contributed by atoms with Gasteiger partial charge in [-0.3, -0.25) is 4.79 Å². The van der Waals surface area contributed by atoms with E-state index in [1.807, 2.05) is 17.2 Å². The molecule has 0 spiro atoms. The molecule has 1 atom stereocenters. The topological polar surface area (TPSA) is 71.4 Å². The molecule has 2 saturated heterocycles. The minimum atomic E-state index is -0.409. The molecule has 0 bridgehead atoms. The molecule has 1 unspecified atom stereocenters. The summed E-state index contributed by atoms with van der Waals surface area (Å²) in [5.41, 5.74) is 6.69. The van der Waals surface area contributed by atoms with Gasteiger partial charge < -0.3 is 20.4 Å². The van der Waals surface area contributed by atoms with E-state index in [0.29, 0.717) is 19.8 Å². The molecule has 1 amide bonds. The summed E-state index contributed by atoms with van der Waals surface area (Å²) in [7, 11) is 0. The van der Waals surface area contributed by atoms with E-state index in [4.69, 9.17) is 10.5 Å². The normalized spacial score (nSPS) is 25.9. The molecule has 2 aliphatic heterocycles. The molecule has 1 aromatic rings. The summed E-state index contributed by atoms with van der Waals surface area (Å²) < 4.78 is 5.41. The first-order chi connectivity index (χ1) is 9.77. The molecule has 20 heavy (non-hydrogen) atoms. The first-order valence-corrected chi connectivity index (χ1v) is 7.49. The number of aromatic amines is 1. The lowest BCUT2D eigenvalue weighted by atomic mass is 9.78. The highest BCUT2D eigenvalue weighted by atomic mass is 16.5. The average Bonchev–Trinajstić information content (AvgIpc) is 3.17. The SMILES string of the molecule is NCC1(C(=O)N2CCCC2c2ccc[nH]2)CCOCC1. The van der Waals surface area contributed by atoms with Crippen LogP contribution in [0.15, 0.2) is 18.3 Å². The molecule has 3 rings (SSSR count). The highest BCUT2D eigenvalue weighted by molar-refractivity contribution is 5.83. The third-order valence-electron chi connectivity index (χ3n) is 4.79. The van der Waals surface area contributed by atoms with E-state index in [2.05, 4.69) is 11.1 Å². The molecule has 2 aliphatic rings. The number of nitrogens with one attached hydrogen (secondary N) is 1. The predicted molar refractivity (Wildman–Crippen MR) is 76.0 cm³/mol. The van der Waals surface area contributed by atoms with Crippen LogP contribution < -0.4 is 5.73 Å². The number of carbonyl (C=O) groups excluding carboxylic acids is 1. The van der Waals surface area contributed by atoms with Crippen LogP contribution in [0.3, 0.4) is 0 Å². The van der Waals surface area contributed by atoms with Crippen molar-refractivity contribution in [1.29, 1.82) is 0 Å². The molecular formula is C15H23N3O2. The zero-order valence-electron chi connectivity index (χ0n) is 11.8. The van der Waals surface area contributed by atoms with Gasteiger partial charge in [0.2, 0.25) is 5.91 Å². The van der Waals surface area contributed by atoms with Gasteiger partial charge in [-0.25, -0.2) is 0 Å². The average molecular weight is 277 g/mol. The fourth-order valence-corrected chi connectivity index (χ4v) is 3.46. The molecule has 0 radical (unpaired) electrons. The van der Waals surface area contributed by atoms with Gasteiger partial charge in [-0.2, -0.15) is 0 Å². The van der Waals surface area contributed by atoms with Gasteiger partial charge in [0, 0.05) is 38.2 Å². The van der Waals surface area contributed by atoms with Crippen LogP contribution in [0.2, 0.25) is 0 Å². The summed E-state index contributed by atoms with van der Waals surface area (Å²) in [5, 5.41) is 0. The number of rotatable bonds is 3.